The predicted molar refractivity (Wildman–Crippen MR) is 55.9 cm³/mol. The van der Waals surface area contributed by atoms with Gasteiger partial charge in [0.25, 0.3) is 0 Å². The predicted octanol–water partition coefficient (Wildman–Crippen LogP) is 0.236. The molecule has 0 aliphatic rings. The molecule has 0 radical (unpaired) electrons. The fraction of sp³-hybridized carbons (Fsp3) is 0.857. The van der Waals surface area contributed by atoms with Crippen LogP contribution in [0, 0.1) is 0 Å². The Morgan fingerprint density at radius 2 is 2.20 bits per heavy atom. The van der Waals surface area contributed by atoms with Crippen molar-refractivity contribution in [1.29, 1.82) is 0 Å². The van der Waals surface area contributed by atoms with Crippen LogP contribution in [0.1, 0.15) is 13.3 Å². The maximum absolute atomic E-state index is 11.2. The number of carbonyl (C=O) groups excluding carboxylic acids is 1. The van der Waals surface area contributed by atoms with Crippen molar-refractivity contribution in [2.75, 3.05) is 19.3 Å². The van der Waals surface area contributed by atoms with Gasteiger partial charge in [-0.25, -0.2) is 8.42 Å². The summed E-state index contributed by atoms with van der Waals surface area (Å²) in [4.78, 5) is 13.8. The molecule has 0 aromatic heterocycles. The van der Waals surface area contributed by atoms with E-state index in [0.717, 1.165) is 6.26 Å². The Balaban J connectivity index is 3.90. The molecule has 1 atom stereocenters. The van der Waals surface area contributed by atoms with E-state index in [1.54, 1.807) is 0 Å². The molecule has 0 fully saturated rings. The van der Waals surface area contributed by atoms with Gasteiger partial charge in [0, 0.05) is 24.3 Å². The molecule has 1 amide bonds. The second-order valence-electron chi connectivity index (χ2n) is 3.07. The normalized spacial score (nSPS) is 12.7. The standard InChI is InChI=1S/C7H14N4O3S/c1-6(15(2,13)14)7(12)9-4-3-5-10-11-8/h6H,3-5H2,1-2H3,(H,9,12). The third-order valence-electron chi connectivity index (χ3n) is 1.81. The van der Waals surface area contributed by atoms with Crippen LogP contribution in [0.4, 0.5) is 0 Å². The summed E-state index contributed by atoms with van der Waals surface area (Å²) in [6, 6.07) is 0. The lowest BCUT2D eigenvalue weighted by molar-refractivity contribution is -0.120. The van der Waals surface area contributed by atoms with Crippen LogP contribution in [0.5, 0.6) is 0 Å². The molecule has 0 aromatic rings. The number of carbonyl (C=O) groups is 1. The Morgan fingerprint density at radius 1 is 1.60 bits per heavy atom. The number of nitrogens with one attached hydrogen (secondary N) is 1. The van der Waals surface area contributed by atoms with E-state index in [2.05, 4.69) is 15.3 Å². The summed E-state index contributed by atoms with van der Waals surface area (Å²) in [5.74, 6) is -0.529. The number of hydrogen-bond acceptors (Lipinski definition) is 4. The van der Waals surface area contributed by atoms with Gasteiger partial charge in [0.15, 0.2) is 9.84 Å². The van der Waals surface area contributed by atoms with Crippen molar-refractivity contribution in [1.82, 2.24) is 5.32 Å². The van der Waals surface area contributed by atoms with E-state index in [1.165, 1.54) is 6.92 Å². The fourth-order valence-corrected chi connectivity index (χ4v) is 1.22. The molecule has 0 heterocycles. The molecule has 0 aromatic carbocycles. The van der Waals surface area contributed by atoms with E-state index in [-0.39, 0.29) is 6.54 Å². The Labute approximate surface area is 88.4 Å². The highest BCUT2D eigenvalue weighted by atomic mass is 32.2. The maximum Gasteiger partial charge on any atom is 0.238 e. The van der Waals surface area contributed by atoms with Crippen LogP contribution < -0.4 is 5.32 Å². The first-order valence-corrected chi connectivity index (χ1v) is 6.32. The molecule has 0 bridgehead atoms. The lowest BCUT2D eigenvalue weighted by Crippen LogP contribution is -2.37. The third kappa shape index (κ3) is 5.92. The van der Waals surface area contributed by atoms with Gasteiger partial charge in [-0.15, -0.1) is 0 Å². The molecule has 0 aliphatic heterocycles. The van der Waals surface area contributed by atoms with Crippen molar-refractivity contribution in [3.8, 4) is 0 Å². The summed E-state index contributed by atoms with van der Waals surface area (Å²) in [6.07, 6.45) is 1.50. The summed E-state index contributed by atoms with van der Waals surface area (Å²) >= 11 is 0. The van der Waals surface area contributed by atoms with E-state index >= 15 is 0 Å². The number of azide groups is 1. The Bertz CT molecular complexity index is 358. The number of amides is 1. The minimum absolute atomic E-state index is 0.282. The van der Waals surface area contributed by atoms with Gasteiger partial charge in [0.2, 0.25) is 5.91 Å². The van der Waals surface area contributed by atoms with Crippen molar-refractivity contribution < 1.29 is 13.2 Å². The summed E-state index contributed by atoms with van der Waals surface area (Å²) < 4.78 is 22.0. The zero-order valence-corrected chi connectivity index (χ0v) is 9.49. The molecule has 86 valence electrons. The minimum atomic E-state index is -3.34. The summed E-state index contributed by atoms with van der Waals surface area (Å²) in [6.45, 7) is 1.92. The SMILES string of the molecule is CC(C(=O)NCCCN=[N+]=[N-])S(C)(=O)=O. The third-order valence-corrected chi connectivity index (χ3v) is 3.31. The first-order chi connectivity index (χ1) is 6.89. The Kier molecular flexibility index (Phi) is 5.73. The van der Waals surface area contributed by atoms with Crippen LogP contribution in [-0.4, -0.2) is 38.9 Å². The average molecular weight is 234 g/mol. The van der Waals surface area contributed by atoms with E-state index in [0.29, 0.717) is 13.0 Å². The van der Waals surface area contributed by atoms with Gasteiger partial charge in [-0.2, -0.15) is 0 Å². The molecule has 0 aliphatic carbocycles. The number of rotatable bonds is 6. The van der Waals surface area contributed by atoms with Gasteiger partial charge in [0.05, 0.1) is 0 Å². The van der Waals surface area contributed by atoms with E-state index < -0.39 is 21.0 Å². The summed E-state index contributed by atoms with van der Waals surface area (Å²) in [5, 5.41) is 4.68. The highest BCUT2D eigenvalue weighted by Gasteiger charge is 2.22. The van der Waals surface area contributed by atoms with Gasteiger partial charge in [-0.3, -0.25) is 4.79 Å². The molecule has 8 heteroatoms. The van der Waals surface area contributed by atoms with Crippen LogP contribution in [0.2, 0.25) is 0 Å². The number of hydrogen-bond donors (Lipinski definition) is 1. The fourth-order valence-electron chi connectivity index (χ4n) is 0.744. The molecule has 15 heavy (non-hydrogen) atoms. The lowest BCUT2D eigenvalue weighted by atomic mass is 10.4. The monoisotopic (exact) mass is 234 g/mol. The van der Waals surface area contributed by atoms with Crippen LogP contribution in [0.3, 0.4) is 0 Å². The van der Waals surface area contributed by atoms with Crippen LogP contribution in [-0.2, 0) is 14.6 Å². The largest absolute Gasteiger partial charge is 0.355 e. The number of nitrogens with zero attached hydrogens (tertiary/aromatic N) is 3. The van der Waals surface area contributed by atoms with Crippen LogP contribution >= 0.6 is 0 Å². The average Bonchev–Trinajstić information content (AvgIpc) is 2.14. The van der Waals surface area contributed by atoms with E-state index in [4.69, 9.17) is 5.53 Å². The van der Waals surface area contributed by atoms with E-state index in [1.807, 2.05) is 0 Å². The first-order valence-electron chi connectivity index (χ1n) is 4.37. The minimum Gasteiger partial charge on any atom is -0.355 e. The van der Waals surface area contributed by atoms with Crippen molar-refractivity contribution in [3.05, 3.63) is 10.4 Å². The number of sulfone groups is 1. The zero-order valence-electron chi connectivity index (χ0n) is 8.67. The molecule has 0 saturated heterocycles. The van der Waals surface area contributed by atoms with Crippen molar-refractivity contribution >= 4 is 15.7 Å². The molecule has 1 unspecified atom stereocenters. The Hall–Kier alpha value is -1.27. The maximum atomic E-state index is 11.2. The van der Waals surface area contributed by atoms with Crippen LogP contribution in [0.15, 0.2) is 5.11 Å². The highest BCUT2D eigenvalue weighted by molar-refractivity contribution is 7.92. The van der Waals surface area contributed by atoms with Crippen molar-refractivity contribution in [2.24, 2.45) is 5.11 Å². The molecule has 0 rings (SSSR count). The second kappa shape index (κ2) is 6.26. The first kappa shape index (κ1) is 13.7. The topological polar surface area (TPSA) is 112 Å². The summed E-state index contributed by atoms with van der Waals surface area (Å²) in [5.41, 5.74) is 7.96. The zero-order chi connectivity index (χ0) is 11.9. The molecule has 7 nitrogen and oxygen atoms in total. The van der Waals surface area contributed by atoms with Crippen molar-refractivity contribution in [2.45, 2.75) is 18.6 Å². The molecule has 0 saturated carbocycles. The second-order valence-corrected chi connectivity index (χ2v) is 5.44. The Morgan fingerprint density at radius 3 is 2.67 bits per heavy atom. The van der Waals surface area contributed by atoms with Crippen LogP contribution in [0.25, 0.3) is 10.4 Å². The molecule has 1 N–H and O–H groups in total. The lowest BCUT2D eigenvalue weighted by Gasteiger charge is -2.09. The van der Waals surface area contributed by atoms with Gasteiger partial charge in [-0.05, 0) is 18.9 Å². The van der Waals surface area contributed by atoms with Gasteiger partial charge in [0.1, 0.15) is 5.25 Å². The van der Waals surface area contributed by atoms with E-state index in [9.17, 15) is 13.2 Å². The smallest absolute Gasteiger partial charge is 0.238 e. The molecular formula is C7H14N4O3S. The van der Waals surface area contributed by atoms with Gasteiger partial charge in [-0.1, -0.05) is 5.11 Å². The van der Waals surface area contributed by atoms with Gasteiger partial charge >= 0.3 is 0 Å². The molecular weight excluding hydrogens is 220 g/mol. The van der Waals surface area contributed by atoms with Gasteiger partial charge < -0.3 is 5.32 Å². The summed E-state index contributed by atoms with van der Waals surface area (Å²) in [7, 11) is -3.34. The highest BCUT2D eigenvalue weighted by Crippen LogP contribution is 1.97. The van der Waals surface area contributed by atoms with Crippen molar-refractivity contribution in [3.63, 3.8) is 0 Å². The molecule has 0 spiro atoms. The quantitative estimate of drug-likeness (QED) is 0.307.